The number of aromatic nitrogens is 2. The third-order valence-corrected chi connectivity index (χ3v) is 5.81. The van der Waals surface area contributed by atoms with Crippen LogP contribution in [0.4, 0.5) is 0 Å². The highest BCUT2D eigenvalue weighted by Gasteiger charge is 2.47. The van der Waals surface area contributed by atoms with Crippen LogP contribution >= 0.6 is 0 Å². The lowest BCUT2D eigenvalue weighted by Crippen LogP contribution is -2.46. The Morgan fingerprint density at radius 3 is 2.64 bits per heavy atom. The van der Waals surface area contributed by atoms with Crippen LogP contribution in [0.2, 0.25) is 0 Å². The number of likely N-dealkylation sites (tertiary alicyclic amines) is 1. The number of piperidine rings is 1. The third kappa shape index (κ3) is 2.97. The van der Waals surface area contributed by atoms with Crippen LogP contribution in [-0.4, -0.2) is 38.8 Å². The van der Waals surface area contributed by atoms with Gasteiger partial charge in [-0.2, -0.15) is 5.10 Å². The molecule has 1 saturated heterocycles. The van der Waals surface area contributed by atoms with Gasteiger partial charge < -0.3 is 10.0 Å². The highest BCUT2D eigenvalue weighted by molar-refractivity contribution is 5.83. The van der Waals surface area contributed by atoms with Gasteiger partial charge in [-0.25, -0.2) is 0 Å². The van der Waals surface area contributed by atoms with Crippen LogP contribution in [0.3, 0.4) is 0 Å². The Kier molecular flexibility index (Phi) is 3.91. The summed E-state index contributed by atoms with van der Waals surface area (Å²) in [4.78, 5) is 14.7. The van der Waals surface area contributed by atoms with Gasteiger partial charge in [0.25, 0.3) is 0 Å². The summed E-state index contributed by atoms with van der Waals surface area (Å²) in [5.74, 6) is 0.646. The average Bonchev–Trinajstić information content (AvgIpc) is 3.29. The zero-order chi connectivity index (χ0) is 17.6. The molecule has 2 aromatic rings. The Morgan fingerprint density at radius 2 is 2.00 bits per heavy atom. The fraction of sp³-hybridized carbons (Fsp3) is 0.500. The van der Waals surface area contributed by atoms with E-state index in [9.17, 15) is 9.90 Å². The molecule has 2 atom stereocenters. The molecular formula is C20H25N3O2. The van der Waals surface area contributed by atoms with Gasteiger partial charge in [0.2, 0.25) is 5.91 Å². The van der Waals surface area contributed by atoms with Gasteiger partial charge in [-0.15, -0.1) is 0 Å². The van der Waals surface area contributed by atoms with Crippen molar-refractivity contribution in [2.75, 3.05) is 13.1 Å². The van der Waals surface area contributed by atoms with Crippen LogP contribution in [0.25, 0.3) is 0 Å². The topological polar surface area (TPSA) is 58.4 Å². The van der Waals surface area contributed by atoms with Gasteiger partial charge in [0, 0.05) is 32.3 Å². The first-order valence-corrected chi connectivity index (χ1v) is 9.04. The van der Waals surface area contributed by atoms with Crippen LogP contribution in [0.5, 0.6) is 0 Å². The van der Waals surface area contributed by atoms with E-state index in [1.54, 1.807) is 4.68 Å². The van der Waals surface area contributed by atoms with E-state index in [4.69, 9.17) is 0 Å². The van der Waals surface area contributed by atoms with Crippen LogP contribution in [0.1, 0.15) is 41.9 Å². The number of amides is 1. The van der Waals surface area contributed by atoms with Crippen molar-refractivity contribution in [2.24, 2.45) is 13.0 Å². The van der Waals surface area contributed by atoms with Crippen molar-refractivity contribution >= 4 is 5.91 Å². The summed E-state index contributed by atoms with van der Waals surface area (Å²) in [5.41, 5.74) is 2.47. The summed E-state index contributed by atoms with van der Waals surface area (Å²) in [6.07, 6.45) is 6.00. The molecule has 25 heavy (non-hydrogen) atoms. The maximum Gasteiger partial charge on any atom is 0.226 e. The van der Waals surface area contributed by atoms with Crippen LogP contribution in [-0.2, 0) is 17.4 Å². The molecule has 5 nitrogen and oxygen atoms in total. The minimum atomic E-state index is -0.811. The summed E-state index contributed by atoms with van der Waals surface area (Å²) < 4.78 is 1.79. The molecule has 2 fully saturated rings. The maximum absolute atomic E-state index is 12.8. The lowest BCUT2D eigenvalue weighted by Gasteiger charge is -2.39. The van der Waals surface area contributed by atoms with E-state index in [2.05, 4.69) is 5.10 Å². The predicted octanol–water partition coefficient (Wildman–Crippen LogP) is 2.34. The number of aryl methyl sites for hydroxylation is 2. The number of rotatable bonds is 3. The Hall–Kier alpha value is -2.14. The second-order valence-corrected chi connectivity index (χ2v) is 7.57. The molecule has 0 spiro atoms. The molecule has 0 radical (unpaired) electrons. The molecule has 132 valence electrons. The molecular weight excluding hydrogens is 314 g/mol. The van der Waals surface area contributed by atoms with E-state index in [-0.39, 0.29) is 11.8 Å². The van der Waals surface area contributed by atoms with E-state index < -0.39 is 5.60 Å². The normalized spacial score (nSPS) is 25.0. The minimum absolute atomic E-state index is 0.0915. The molecule has 1 aliphatic carbocycles. The summed E-state index contributed by atoms with van der Waals surface area (Å²) in [6, 6.07) is 8.01. The van der Waals surface area contributed by atoms with Gasteiger partial charge in [0.05, 0.1) is 11.8 Å². The van der Waals surface area contributed by atoms with Crippen molar-refractivity contribution in [1.29, 1.82) is 0 Å². The summed E-state index contributed by atoms with van der Waals surface area (Å²) in [5, 5.41) is 15.3. The monoisotopic (exact) mass is 339 g/mol. The number of aliphatic hydroxyl groups is 1. The maximum atomic E-state index is 12.8. The molecule has 1 aliphatic heterocycles. The molecule has 1 amide bonds. The Balaban J connectivity index is 1.39. The van der Waals surface area contributed by atoms with E-state index in [1.165, 1.54) is 0 Å². The largest absolute Gasteiger partial charge is 0.385 e. The number of hydrogen-bond donors (Lipinski definition) is 1. The van der Waals surface area contributed by atoms with E-state index in [1.807, 2.05) is 55.5 Å². The average molecular weight is 339 g/mol. The van der Waals surface area contributed by atoms with Crippen molar-refractivity contribution in [3.05, 3.63) is 53.3 Å². The summed E-state index contributed by atoms with van der Waals surface area (Å²) >= 11 is 0. The smallest absolute Gasteiger partial charge is 0.226 e. The van der Waals surface area contributed by atoms with Crippen molar-refractivity contribution in [3.8, 4) is 0 Å². The molecule has 1 aromatic carbocycles. The molecule has 4 rings (SSSR count). The highest BCUT2D eigenvalue weighted by atomic mass is 16.3. The Morgan fingerprint density at radius 1 is 1.28 bits per heavy atom. The lowest BCUT2D eigenvalue weighted by molar-refractivity contribution is -0.137. The predicted molar refractivity (Wildman–Crippen MR) is 94.9 cm³/mol. The second kappa shape index (κ2) is 5.99. The first-order chi connectivity index (χ1) is 12.0. The van der Waals surface area contributed by atoms with E-state index >= 15 is 0 Å². The van der Waals surface area contributed by atoms with Crippen molar-refractivity contribution in [3.63, 3.8) is 0 Å². The fourth-order valence-corrected chi connectivity index (χ4v) is 4.16. The number of carbonyl (C=O) groups is 1. The summed E-state index contributed by atoms with van der Waals surface area (Å²) in [7, 11) is 1.90. The van der Waals surface area contributed by atoms with Gasteiger partial charge in [0.15, 0.2) is 0 Å². The quantitative estimate of drug-likeness (QED) is 0.934. The molecule has 1 N–H and O–H groups in total. The van der Waals surface area contributed by atoms with Crippen molar-refractivity contribution < 1.29 is 9.90 Å². The number of carbonyl (C=O) groups excluding carboxylic acids is 1. The van der Waals surface area contributed by atoms with E-state index in [0.717, 1.165) is 23.1 Å². The highest BCUT2D eigenvalue weighted by Crippen LogP contribution is 2.49. The standard InChI is InChI=1S/C20H25N3O2/c1-14-5-3-4-6-18(14)20(25)7-9-23(10-8-20)19(24)17-11-16(17)15-12-21-22(2)13-15/h3-6,12-13,16-17,25H,7-11H2,1-2H3/t16-,17+/m0/s1. The number of nitrogens with zero attached hydrogens (tertiary/aromatic N) is 3. The van der Waals surface area contributed by atoms with Crippen LogP contribution < -0.4 is 0 Å². The Bertz CT molecular complexity index is 790. The molecule has 1 aromatic heterocycles. The van der Waals surface area contributed by atoms with Gasteiger partial charge in [0.1, 0.15) is 0 Å². The molecule has 0 unspecified atom stereocenters. The summed E-state index contributed by atoms with van der Waals surface area (Å²) in [6.45, 7) is 3.29. The zero-order valence-corrected chi connectivity index (χ0v) is 14.9. The third-order valence-electron chi connectivity index (χ3n) is 5.81. The fourth-order valence-electron chi connectivity index (χ4n) is 4.16. The zero-order valence-electron chi connectivity index (χ0n) is 14.9. The molecule has 0 bridgehead atoms. The van der Waals surface area contributed by atoms with Gasteiger partial charge in [-0.05, 0) is 48.8 Å². The number of hydrogen-bond acceptors (Lipinski definition) is 3. The van der Waals surface area contributed by atoms with Crippen molar-refractivity contribution in [1.82, 2.24) is 14.7 Å². The second-order valence-electron chi connectivity index (χ2n) is 7.57. The van der Waals surface area contributed by atoms with Crippen molar-refractivity contribution in [2.45, 2.75) is 37.7 Å². The van der Waals surface area contributed by atoms with Gasteiger partial charge in [-0.3, -0.25) is 9.48 Å². The van der Waals surface area contributed by atoms with E-state index in [0.29, 0.717) is 31.8 Å². The SMILES string of the molecule is Cc1ccccc1C1(O)CCN(C(=O)[C@@H]2C[C@H]2c2cnn(C)c2)CC1. The number of benzene rings is 1. The molecule has 2 heterocycles. The van der Waals surface area contributed by atoms with Crippen LogP contribution in [0.15, 0.2) is 36.7 Å². The Labute approximate surface area is 148 Å². The lowest BCUT2D eigenvalue weighted by atomic mass is 9.82. The molecule has 5 heteroatoms. The molecule has 2 aliphatic rings. The first-order valence-electron chi connectivity index (χ1n) is 9.04. The minimum Gasteiger partial charge on any atom is -0.385 e. The first kappa shape index (κ1) is 16.3. The van der Waals surface area contributed by atoms with Crippen LogP contribution in [0, 0.1) is 12.8 Å². The van der Waals surface area contributed by atoms with Gasteiger partial charge >= 0.3 is 0 Å². The van der Waals surface area contributed by atoms with Gasteiger partial charge in [-0.1, -0.05) is 24.3 Å². The molecule has 1 saturated carbocycles.